The molecule has 0 radical (unpaired) electrons. The molecule has 2 heteroatoms. The van der Waals surface area contributed by atoms with Crippen molar-refractivity contribution in [2.24, 2.45) is 5.41 Å². The Bertz CT molecular complexity index is 692. The first kappa shape index (κ1) is 19.8. The summed E-state index contributed by atoms with van der Waals surface area (Å²) in [4.78, 5) is 14.1. The Morgan fingerprint density at radius 2 is 1.52 bits per heavy atom. The fourth-order valence-electron chi connectivity index (χ4n) is 2.92. The SMILES string of the molecule is Cc1cccc(C)c1S[C@H](CC(=O)C(C)(C)C)[C@H](C)c1ccccc1. The van der Waals surface area contributed by atoms with Gasteiger partial charge in [0, 0.05) is 22.0 Å². The molecule has 2 rings (SSSR count). The van der Waals surface area contributed by atoms with Gasteiger partial charge in [0.25, 0.3) is 0 Å². The number of thioether (sulfide) groups is 1. The van der Waals surface area contributed by atoms with Crippen LogP contribution in [0, 0.1) is 19.3 Å². The first-order chi connectivity index (χ1) is 11.7. The summed E-state index contributed by atoms with van der Waals surface area (Å²) in [6.07, 6.45) is 0.595. The van der Waals surface area contributed by atoms with E-state index in [4.69, 9.17) is 0 Å². The second-order valence-corrected chi connectivity index (χ2v) is 9.20. The van der Waals surface area contributed by atoms with Crippen molar-refractivity contribution in [1.29, 1.82) is 0 Å². The molecule has 0 bridgehead atoms. The number of ketones is 1. The monoisotopic (exact) mass is 354 g/mol. The van der Waals surface area contributed by atoms with E-state index in [1.807, 2.05) is 38.6 Å². The Hall–Kier alpha value is -1.54. The van der Waals surface area contributed by atoms with Crippen molar-refractivity contribution in [2.45, 2.75) is 64.0 Å². The van der Waals surface area contributed by atoms with Crippen LogP contribution in [0.3, 0.4) is 0 Å². The zero-order chi connectivity index (χ0) is 18.6. The first-order valence-electron chi connectivity index (χ1n) is 9.01. The third kappa shape index (κ3) is 5.22. The highest BCUT2D eigenvalue weighted by Crippen LogP contribution is 2.39. The lowest BCUT2D eigenvalue weighted by Crippen LogP contribution is -2.26. The Labute approximate surface area is 157 Å². The summed E-state index contributed by atoms with van der Waals surface area (Å²) in [6, 6.07) is 17.0. The molecule has 0 aliphatic rings. The fraction of sp³-hybridized carbons (Fsp3) is 0.435. The molecule has 1 nitrogen and oxygen atoms in total. The topological polar surface area (TPSA) is 17.1 Å². The van der Waals surface area contributed by atoms with Crippen LogP contribution in [-0.2, 0) is 4.79 Å². The quantitative estimate of drug-likeness (QED) is 0.545. The van der Waals surface area contributed by atoms with Crippen LogP contribution in [0.15, 0.2) is 53.4 Å². The van der Waals surface area contributed by atoms with Crippen LogP contribution in [0.2, 0.25) is 0 Å². The second kappa shape index (κ2) is 8.23. The lowest BCUT2D eigenvalue weighted by Gasteiger charge is -2.28. The number of rotatable bonds is 6. The third-order valence-electron chi connectivity index (χ3n) is 4.78. The molecule has 25 heavy (non-hydrogen) atoms. The second-order valence-electron chi connectivity index (χ2n) is 7.95. The van der Waals surface area contributed by atoms with Gasteiger partial charge in [-0.25, -0.2) is 0 Å². The Balaban J connectivity index is 2.33. The van der Waals surface area contributed by atoms with E-state index in [0.29, 0.717) is 18.1 Å². The van der Waals surface area contributed by atoms with Gasteiger partial charge >= 0.3 is 0 Å². The molecule has 0 amide bonds. The fourth-order valence-corrected chi connectivity index (χ4v) is 4.32. The summed E-state index contributed by atoms with van der Waals surface area (Å²) in [7, 11) is 0. The number of hydrogen-bond donors (Lipinski definition) is 0. The van der Waals surface area contributed by atoms with Crippen molar-refractivity contribution in [3.63, 3.8) is 0 Å². The highest BCUT2D eigenvalue weighted by Gasteiger charge is 2.29. The van der Waals surface area contributed by atoms with Gasteiger partial charge in [0.05, 0.1) is 0 Å². The maximum absolute atomic E-state index is 12.8. The molecule has 0 N–H and O–H groups in total. The maximum Gasteiger partial charge on any atom is 0.139 e. The predicted octanol–water partition coefficient (Wildman–Crippen LogP) is 6.57. The molecule has 0 heterocycles. The van der Waals surface area contributed by atoms with E-state index in [1.165, 1.54) is 21.6 Å². The van der Waals surface area contributed by atoms with E-state index < -0.39 is 0 Å². The Kier molecular flexibility index (Phi) is 6.51. The van der Waals surface area contributed by atoms with Gasteiger partial charge in [-0.2, -0.15) is 0 Å². The average molecular weight is 355 g/mol. The molecule has 0 saturated carbocycles. The van der Waals surface area contributed by atoms with E-state index in [2.05, 4.69) is 63.2 Å². The molecular weight excluding hydrogens is 324 g/mol. The molecule has 0 aliphatic carbocycles. The zero-order valence-electron chi connectivity index (χ0n) is 16.3. The van der Waals surface area contributed by atoms with Gasteiger partial charge in [-0.15, -0.1) is 11.8 Å². The number of Topliss-reactive ketones (excluding diaryl/α,β-unsaturated/α-hetero) is 1. The van der Waals surface area contributed by atoms with E-state index in [9.17, 15) is 4.79 Å². The van der Waals surface area contributed by atoms with Gasteiger partial charge in [0.15, 0.2) is 0 Å². The van der Waals surface area contributed by atoms with Crippen molar-refractivity contribution in [2.75, 3.05) is 0 Å². The zero-order valence-corrected chi connectivity index (χ0v) is 17.1. The minimum atomic E-state index is -0.296. The Morgan fingerprint density at radius 3 is 2.04 bits per heavy atom. The molecule has 0 unspecified atom stereocenters. The van der Waals surface area contributed by atoms with Crippen LogP contribution in [0.5, 0.6) is 0 Å². The lowest BCUT2D eigenvalue weighted by atomic mass is 9.85. The van der Waals surface area contributed by atoms with Gasteiger partial charge < -0.3 is 0 Å². The van der Waals surface area contributed by atoms with E-state index >= 15 is 0 Å². The number of hydrogen-bond acceptors (Lipinski definition) is 2. The van der Waals surface area contributed by atoms with E-state index in [1.54, 1.807) is 0 Å². The molecule has 134 valence electrons. The van der Waals surface area contributed by atoms with Crippen LogP contribution in [0.4, 0.5) is 0 Å². The molecule has 0 aromatic heterocycles. The van der Waals surface area contributed by atoms with Crippen LogP contribution in [0.25, 0.3) is 0 Å². The molecule has 0 spiro atoms. The number of carbonyl (C=O) groups is 1. The van der Waals surface area contributed by atoms with Gasteiger partial charge in [-0.3, -0.25) is 4.79 Å². The first-order valence-corrected chi connectivity index (χ1v) is 9.89. The van der Waals surface area contributed by atoms with Gasteiger partial charge in [0.1, 0.15) is 5.78 Å². The summed E-state index contributed by atoms with van der Waals surface area (Å²) >= 11 is 1.87. The Morgan fingerprint density at radius 1 is 0.960 bits per heavy atom. The van der Waals surface area contributed by atoms with Crippen molar-refractivity contribution in [1.82, 2.24) is 0 Å². The molecule has 0 saturated heterocycles. The molecule has 2 aromatic rings. The van der Waals surface area contributed by atoms with Crippen molar-refractivity contribution in [3.8, 4) is 0 Å². The van der Waals surface area contributed by atoms with Gasteiger partial charge in [-0.05, 0) is 36.5 Å². The third-order valence-corrected chi connectivity index (χ3v) is 6.54. The number of aryl methyl sites for hydroxylation is 2. The van der Waals surface area contributed by atoms with Crippen molar-refractivity contribution < 1.29 is 4.79 Å². The van der Waals surface area contributed by atoms with Crippen molar-refractivity contribution in [3.05, 3.63) is 65.2 Å². The predicted molar refractivity (Wildman–Crippen MR) is 109 cm³/mol. The molecule has 0 aliphatic heterocycles. The van der Waals surface area contributed by atoms with Crippen LogP contribution in [-0.4, -0.2) is 11.0 Å². The smallest absolute Gasteiger partial charge is 0.139 e. The number of benzene rings is 2. The highest BCUT2D eigenvalue weighted by molar-refractivity contribution is 8.00. The minimum Gasteiger partial charge on any atom is -0.299 e. The van der Waals surface area contributed by atoms with Gasteiger partial charge in [-0.1, -0.05) is 76.2 Å². The van der Waals surface area contributed by atoms with E-state index in [-0.39, 0.29) is 10.7 Å². The maximum atomic E-state index is 12.8. The highest BCUT2D eigenvalue weighted by atomic mass is 32.2. The number of carbonyl (C=O) groups excluding carboxylic acids is 1. The summed E-state index contributed by atoms with van der Waals surface area (Å²) in [6.45, 7) is 12.6. The van der Waals surface area contributed by atoms with Crippen LogP contribution >= 0.6 is 11.8 Å². The van der Waals surface area contributed by atoms with Gasteiger partial charge in [0.2, 0.25) is 0 Å². The largest absolute Gasteiger partial charge is 0.299 e. The standard InChI is InChI=1S/C23H30OS/c1-16-11-10-12-17(2)22(16)25-20(15-21(24)23(4,5)6)18(3)19-13-8-7-9-14-19/h7-14,18,20H,15H2,1-6H3/t18-,20-/m1/s1. The summed E-state index contributed by atoms with van der Waals surface area (Å²) in [5.41, 5.74) is 3.58. The van der Waals surface area contributed by atoms with Crippen LogP contribution in [0.1, 0.15) is 56.7 Å². The van der Waals surface area contributed by atoms with Crippen LogP contribution < -0.4 is 0 Å². The summed E-state index contributed by atoms with van der Waals surface area (Å²) in [5, 5.41) is 0.230. The molecule has 2 aromatic carbocycles. The lowest BCUT2D eigenvalue weighted by molar-refractivity contribution is -0.126. The summed E-state index contributed by atoms with van der Waals surface area (Å²) in [5.74, 6) is 0.649. The molecule has 2 atom stereocenters. The average Bonchev–Trinajstić information content (AvgIpc) is 2.56. The molecule has 0 fully saturated rings. The molecular formula is C23H30OS. The van der Waals surface area contributed by atoms with Crippen molar-refractivity contribution >= 4 is 17.5 Å². The normalized spacial score (nSPS) is 14.2. The minimum absolute atomic E-state index is 0.230. The summed E-state index contributed by atoms with van der Waals surface area (Å²) < 4.78 is 0. The van der Waals surface area contributed by atoms with E-state index in [0.717, 1.165) is 0 Å².